The minimum atomic E-state index is 0.230. The van der Waals surface area contributed by atoms with E-state index in [-0.39, 0.29) is 5.41 Å². The van der Waals surface area contributed by atoms with Crippen molar-refractivity contribution in [2.24, 2.45) is 0 Å². The van der Waals surface area contributed by atoms with Gasteiger partial charge in [-0.2, -0.15) is 0 Å². The van der Waals surface area contributed by atoms with Gasteiger partial charge in [-0.15, -0.1) is 0 Å². The first-order chi connectivity index (χ1) is 8.36. The van der Waals surface area contributed by atoms with E-state index in [1.165, 1.54) is 22.3 Å². The second kappa shape index (κ2) is 6.35. The fourth-order valence-electron chi connectivity index (χ4n) is 2.13. The number of hydrogen-bond donors (Lipinski definition) is 2. The van der Waals surface area contributed by atoms with Crippen LogP contribution >= 0.6 is 0 Å². The maximum atomic E-state index is 3.48. The smallest absolute Gasteiger partial charge is 0.0211 e. The van der Waals surface area contributed by atoms with Crippen molar-refractivity contribution in [2.75, 3.05) is 20.1 Å². The highest BCUT2D eigenvalue weighted by atomic mass is 14.9. The van der Waals surface area contributed by atoms with Crippen LogP contribution in [0.3, 0.4) is 0 Å². The van der Waals surface area contributed by atoms with Crippen LogP contribution in [0.25, 0.3) is 0 Å². The van der Waals surface area contributed by atoms with Gasteiger partial charge in [0.2, 0.25) is 0 Å². The van der Waals surface area contributed by atoms with Crippen molar-refractivity contribution >= 4 is 0 Å². The third-order valence-electron chi connectivity index (χ3n) is 3.42. The molecule has 0 atom stereocenters. The Kier molecular flexibility index (Phi) is 5.36. The second-order valence-electron chi connectivity index (χ2n) is 6.12. The topological polar surface area (TPSA) is 24.1 Å². The van der Waals surface area contributed by atoms with Crippen molar-refractivity contribution in [3.63, 3.8) is 0 Å². The van der Waals surface area contributed by atoms with Crippen molar-refractivity contribution < 1.29 is 0 Å². The number of hydrogen-bond acceptors (Lipinski definition) is 2. The Hall–Kier alpha value is -0.860. The summed E-state index contributed by atoms with van der Waals surface area (Å²) in [5, 5.41) is 6.63. The van der Waals surface area contributed by atoms with E-state index < -0.39 is 0 Å². The molecule has 0 fully saturated rings. The standard InChI is InChI=1S/C16H28N2/c1-12-9-14(16(3,4)5)10-13(2)15(12)11-18-8-7-17-6/h9-10,17-18H,7-8,11H2,1-6H3. The normalized spacial score (nSPS) is 11.9. The predicted octanol–water partition coefficient (Wildman–Crippen LogP) is 2.91. The van der Waals surface area contributed by atoms with E-state index in [0.29, 0.717) is 0 Å². The number of likely N-dealkylation sites (N-methyl/N-ethyl adjacent to an activating group) is 1. The van der Waals surface area contributed by atoms with Gasteiger partial charge in [0.1, 0.15) is 0 Å². The van der Waals surface area contributed by atoms with Crippen molar-refractivity contribution in [1.82, 2.24) is 10.6 Å². The van der Waals surface area contributed by atoms with Gasteiger partial charge in [0, 0.05) is 19.6 Å². The lowest BCUT2D eigenvalue weighted by Crippen LogP contribution is -2.25. The van der Waals surface area contributed by atoms with Crippen LogP contribution in [0.2, 0.25) is 0 Å². The molecule has 18 heavy (non-hydrogen) atoms. The molecule has 0 amide bonds. The third-order valence-corrected chi connectivity index (χ3v) is 3.42. The van der Waals surface area contributed by atoms with Crippen LogP contribution in [0, 0.1) is 13.8 Å². The summed E-state index contributed by atoms with van der Waals surface area (Å²) in [4.78, 5) is 0. The van der Waals surface area contributed by atoms with Gasteiger partial charge >= 0.3 is 0 Å². The van der Waals surface area contributed by atoms with E-state index in [4.69, 9.17) is 0 Å². The predicted molar refractivity (Wildman–Crippen MR) is 80.2 cm³/mol. The first-order valence-electron chi connectivity index (χ1n) is 6.82. The maximum absolute atomic E-state index is 3.48. The average Bonchev–Trinajstić information content (AvgIpc) is 2.25. The van der Waals surface area contributed by atoms with Crippen LogP contribution in [-0.2, 0) is 12.0 Å². The van der Waals surface area contributed by atoms with Gasteiger partial charge in [-0.1, -0.05) is 32.9 Å². The van der Waals surface area contributed by atoms with Crippen molar-refractivity contribution in [3.05, 3.63) is 34.4 Å². The minimum absolute atomic E-state index is 0.230. The molecule has 0 saturated carbocycles. The highest BCUT2D eigenvalue weighted by molar-refractivity contribution is 5.40. The lowest BCUT2D eigenvalue weighted by Gasteiger charge is -2.22. The molecule has 2 N–H and O–H groups in total. The van der Waals surface area contributed by atoms with E-state index in [1.807, 2.05) is 7.05 Å². The van der Waals surface area contributed by atoms with Crippen molar-refractivity contribution in [1.29, 1.82) is 0 Å². The first kappa shape index (κ1) is 15.2. The Balaban J connectivity index is 2.82. The zero-order chi connectivity index (χ0) is 13.8. The molecule has 0 aromatic heterocycles. The Morgan fingerprint density at radius 3 is 2.00 bits per heavy atom. The first-order valence-corrected chi connectivity index (χ1v) is 6.82. The molecule has 0 radical (unpaired) electrons. The second-order valence-corrected chi connectivity index (χ2v) is 6.12. The largest absolute Gasteiger partial charge is 0.318 e. The van der Waals surface area contributed by atoms with Crippen molar-refractivity contribution in [3.8, 4) is 0 Å². The van der Waals surface area contributed by atoms with E-state index >= 15 is 0 Å². The summed E-state index contributed by atoms with van der Waals surface area (Å²) in [5.41, 5.74) is 5.90. The SMILES string of the molecule is CNCCNCc1c(C)cc(C(C)(C)C)cc1C. The molecule has 0 aliphatic heterocycles. The Bertz CT molecular complexity index is 366. The molecule has 1 aromatic rings. The molecule has 0 aliphatic rings. The number of aryl methyl sites for hydroxylation is 2. The van der Waals surface area contributed by atoms with Gasteiger partial charge in [0.05, 0.1) is 0 Å². The van der Waals surface area contributed by atoms with E-state index in [2.05, 4.69) is 57.4 Å². The molecule has 0 heterocycles. The number of rotatable bonds is 5. The van der Waals surface area contributed by atoms with Crippen LogP contribution in [0.15, 0.2) is 12.1 Å². The fraction of sp³-hybridized carbons (Fsp3) is 0.625. The molecule has 0 unspecified atom stereocenters. The van der Waals surface area contributed by atoms with Crippen LogP contribution in [-0.4, -0.2) is 20.1 Å². The van der Waals surface area contributed by atoms with Gasteiger partial charge in [0.15, 0.2) is 0 Å². The molecular weight excluding hydrogens is 220 g/mol. The maximum Gasteiger partial charge on any atom is 0.0211 e. The summed E-state index contributed by atoms with van der Waals surface area (Å²) in [6, 6.07) is 4.67. The highest BCUT2D eigenvalue weighted by Crippen LogP contribution is 2.26. The summed E-state index contributed by atoms with van der Waals surface area (Å²) in [6.45, 7) is 14.2. The Morgan fingerprint density at radius 1 is 1.00 bits per heavy atom. The van der Waals surface area contributed by atoms with E-state index in [9.17, 15) is 0 Å². The average molecular weight is 248 g/mol. The van der Waals surface area contributed by atoms with Crippen molar-refractivity contribution in [2.45, 2.75) is 46.6 Å². The molecule has 2 nitrogen and oxygen atoms in total. The lowest BCUT2D eigenvalue weighted by atomic mass is 9.84. The molecule has 0 spiro atoms. The molecule has 1 aromatic carbocycles. The summed E-state index contributed by atoms with van der Waals surface area (Å²) in [6.07, 6.45) is 0. The molecule has 0 bridgehead atoms. The van der Waals surface area contributed by atoms with Crippen LogP contribution in [0.1, 0.15) is 43.0 Å². The molecule has 1 rings (SSSR count). The van der Waals surface area contributed by atoms with Crippen LogP contribution in [0.4, 0.5) is 0 Å². The third kappa shape index (κ3) is 4.11. The minimum Gasteiger partial charge on any atom is -0.318 e. The van der Waals surface area contributed by atoms with Gasteiger partial charge in [-0.25, -0.2) is 0 Å². The zero-order valence-electron chi connectivity index (χ0n) is 12.8. The summed E-state index contributed by atoms with van der Waals surface area (Å²) in [5.74, 6) is 0. The zero-order valence-corrected chi connectivity index (χ0v) is 12.8. The molecular formula is C16H28N2. The number of benzene rings is 1. The van der Waals surface area contributed by atoms with Gasteiger partial charge in [-0.3, -0.25) is 0 Å². The summed E-state index contributed by atoms with van der Waals surface area (Å²) >= 11 is 0. The lowest BCUT2D eigenvalue weighted by molar-refractivity contribution is 0.587. The quantitative estimate of drug-likeness (QED) is 0.783. The fourth-order valence-corrected chi connectivity index (χ4v) is 2.13. The Labute approximate surface area is 112 Å². The summed E-state index contributed by atoms with van der Waals surface area (Å²) in [7, 11) is 1.98. The van der Waals surface area contributed by atoms with E-state index in [0.717, 1.165) is 19.6 Å². The summed E-state index contributed by atoms with van der Waals surface area (Å²) < 4.78 is 0. The molecule has 0 aliphatic carbocycles. The monoisotopic (exact) mass is 248 g/mol. The van der Waals surface area contributed by atoms with Crippen LogP contribution in [0.5, 0.6) is 0 Å². The number of nitrogens with one attached hydrogen (secondary N) is 2. The van der Waals surface area contributed by atoms with E-state index in [1.54, 1.807) is 0 Å². The highest BCUT2D eigenvalue weighted by Gasteiger charge is 2.15. The van der Waals surface area contributed by atoms with Gasteiger partial charge in [0.25, 0.3) is 0 Å². The van der Waals surface area contributed by atoms with Gasteiger partial charge < -0.3 is 10.6 Å². The molecule has 2 heteroatoms. The molecule has 0 saturated heterocycles. The van der Waals surface area contributed by atoms with Crippen LogP contribution < -0.4 is 10.6 Å². The Morgan fingerprint density at radius 2 is 1.56 bits per heavy atom. The molecule has 102 valence electrons. The van der Waals surface area contributed by atoms with Gasteiger partial charge in [-0.05, 0) is 48.6 Å².